The molecule has 2 rings (SSSR count). The number of likely N-dealkylation sites (tertiary alicyclic amines) is 1. The van der Waals surface area contributed by atoms with Gasteiger partial charge in [0.1, 0.15) is 0 Å². The summed E-state index contributed by atoms with van der Waals surface area (Å²) in [6.07, 6.45) is 4.47. The van der Waals surface area contributed by atoms with E-state index in [9.17, 15) is 4.79 Å². The minimum Gasteiger partial charge on any atom is -0.396 e. The van der Waals surface area contributed by atoms with Crippen molar-refractivity contribution in [3.8, 4) is 0 Å². The fourth-order valence-corrected chi connectivity index (χ4v) is 2.82. The van der Waals surface area contributed by atoms with Crippen molar-refractivity contribution in [3.05, 3.63) is 0 Å². The molecule has 0 aliphatic carbocycles. The van der Waals surface area contributed by atoms with Crippen molar-refractivity contribution in [3.63, 3.8) is 0 Å². The Morgan fingerprint density at radius 3 is 2.94 bits per heavy atom. The van der Waals surface area contributed by atoms with E-state index < -0.39 is 0 Å². The van der Waals surface area contributed by atoms with Crippen LogP contribution in [0.5, 0.6) is 0 Å². The first-order chi connectivity index (χ1) is 8.31. The average molecular weight is 241 g/mol. The maximum atomic E-state index is 11.4. The number of urea groups is 1. The van der Waals surface area contributed by atoms with Gasteiger partial charge >= 0.3 is 6.03 Å². The van der Waals surface area contributed by atoms with E-state index in [0.29, 0.717) is 12.6 Å². The van der Waals surface area contributed by atoms with E-state index in [1.54, 1.807) is 0 Å². The van der Waals surface area contributed by atoms with E-state index in [1.165, 1.54) is 12.8 Å². The number of amides is 2. The topological polar surface area (TPSA) is 55.8 Å². The quantitative estimate of drug-likeness (QED) is 0.701. The maximum absolute atomic E-state index is 11.4. The summed E-state index contributed by atoms with van der Waals surface area (Å²) >= 11 is 0. The molecule has 2 N–H and O–H groups in total. The molecule has 2 heterocycles. The van der Waals surface area contributed by atoms with Gasteiger partial charge in [-0.2, -0.15) is 0 Å². The number of carbonyl (C=O) groups excluding carboxylic acids is 1. The van der Waals surface area contributed by atoms with Crippen molar-refractivity contribution in [2.24, 2.45) is 0 Å². The third-order valence-corrected chi connectivity index (χ3v) is 3.80. The molecule has 0 saturated carbocycles. The lowest BCUT2D eigenvalue weighted by Gasteiger charge is -2.26. The van der Waals surface area contributed by atoms with Gasteiger partial charge in [-0.3, -0.25) is 4.90 Å². The highest BCUT2D eigenvalue weighted by atomic mass is 16.3. The summed E-state index contributed by atoms with van der Waals surface area (Å²) in [6, 6.07) is 0.698. The fraction of sp³-hybridized carbons (Fsp3) is 0.917. The van der Waals surface area contributed by atoms with Gasteiger partial charge in [0.25, 0.3) is 0 Å². The fourth-order valence-electron chi connectivity index (χ4n) is 2.82. The third-order valence-electron chi connectivity index (χ3n) is 3.80. The second-order valence-electron chi connectivity index (χ2n) is 4.92. The van der Waals surface area contributed by atoms with Crippen LogP contribution in [-0.4, -0.2) is 66.3 Å². The molecule has 98 valence electrons. The molecular formula is C12H23N3O2. The van der Waals surface area contributed by atoms with Crippen LogP contribution < -0.4 is 5.32 Å². The van der Waals surface area contributed by atoms with Crippen LogP contribution >= 0.6 is 0 Å². The lowest BCUT2D eigenvalue weighted by Crippen LogP contribution is -2.39. The van der Waals surface area contributed by atoms with Crippen molar-refractivity contribution in [2.45, 2.75) is 31.7 Å². The van der Waals surface area contributed by atoms with E-state index in [1.807, 2.05) is 4.90 Å². The van der Waals surface area contributed by atoms with Crippen molar-refractivity contribution in [2.75, 3.05) is 39.3 Å². The molecule has 17 heavy (non-hydrogen) atoms. The SMILES string of the molecule is O=C1NCCN1CCN1CCCC1CCCO. The molecule has 0 bridgehead atoms. The molecule has 2 aliphatic heterocycles. The molecular weight excluding hydrogens is 218 g/mol. The van der Waals surface area contributed by atoms with Gasteiger partial charge in [-0.15, -0.1) is 0 Å². The van der Waals surface area contributed by atoms with Gasteiger partial charge in [-0.25, -0.2) is 4.79 Å². The molecule has 1 atom stereocenters. The highest BCUT2D eigenvalue weighted by Crippen LogP contribution is 2.20. The normalized spacial score (nSPS) is 25.6. The Hall–Kier alpha value is -0.810. The Morgan fingerprint density at radius 1 is 1.35 bits per heavy atom. The second kappa shape index (κ2) is 6.21. The van der Waals surface area contributed by atoms with Crippen LogP contribution in [0.15, 0.2) is 0 Å². The van der Waals surface area contributed by atoms with E-state index in [4.69, 9.17) is 5.11 Å². The summed E-state index contributed by atoms with van der Waals surface area (Å²) in [7, 11) is 0. The summed E-state index contributed by atoms with van der Waals surface area (Å²) in [5.74, 6) is 0. The van der Waals surface area contributed by atoms with Crippen LogP contribution in [0.25, 0.3) is 0 Å². The number of carbonyl (C=O) groups is 1. The number of aliphatic hydroxyl groups excluding tert-OH is 1. The zero-order chi connectivity index (χ0) is 12.1. The van der Waals surface area contributed by atoms with Crippen molar-refractivity contribution in [1.82, 2.24) is 15.1 Å². The number of rotatable bonds is 6. The van der Waals surface area contributed by atoms with Gasteiger partial charge in [-0.05, 0) is 32.2 Å². The lowest BCUT2D eigenvalue weighted by atomic mass is 10.1. The molecule has 2 amide bonds. The Bertz CT molecular complexity index is 260. The first-order valence-corrected chi connectivity index (χ1v) is 6.69. The van der Waals surface area contributed by atoms with Crippen LogP contribution in [0.4, 0.5) is 4.79 Å². The highest BCUT2D eigenvalue weighted by molar-refractivity contribution is 5.76. The van der Waals surface area contributed by atoms with Crippen LogP contribution in [0.2, 0.25) is 0 Å². The second-order valence-corrected chi connectivity index (χ2v) is 4.92. The smallest absolute Gasteiger partial charge is 0.317 e. The number of nitrogens with one attached hydrogen (secondary N) is 1. The molecule has 2 fully saturated rings. The zero-order valence-electron chi connectivity index (χ0n) is 10.4. The summed E-state index contributed by atoms with van der Waals surface area (Å²) in [5.41, 5.74) is 0. The van der Waals surface area contributed by atoms with Gasteiger partial charge in [0.2, 0.25) is 0 Å². The number of hydrogen-bond acceptors (Lipinski definition) is 3. The Balaban J connectivity index is 1.71. The first-order valence-electron chi connectivity index (χ1n) is 6.69. The number of aliphatic hydroxyl groups is 1. The predicted octanol–water partition coefficient (Wildman–Crippen LogP) is 0.248. The summed E-state index contributed by atoms with van der Waals surface area (Å²) in [5, 5.41) is 11.7. The minimum atomic E-state index is 0.0797. The molecule has 2 aliphatic rings. The number of hydrogen-bond donors (Lipinski definition) is 2. The van der Waals surface area contributed by atoms with E-state index in [2.05, 4.69) is 10.2 Å². The van der Waals surface area contributed by atoms with Crippen LogP contribution in [-0.2, 0) is 0 Å². The number of nitrogens with zero attached hydrogens (tertiary/aromatic N) is 2. The van der Waals surface area contributed by atoms with Gasteiger partial charge in [0, 0.05) is 38.8 Å². The molecule has 0 aromatic carbocycles. The zero-order valence-corrected chi connectivity index (χ0v) is 10.4. The average Bonchev–Trinajstić information content (AvgIpc) is 2.93. The molecule has 5 heteroatoms. The molecule has 0 aromatic rings. The molecule has 0 spiro atoms. The van der Waals surface area contributed by atoms with E-state index >= 15 is 0 Å². The minimum absolute atomic E-state index is 0.0797. The Kier molecular flexibility index (Phi) is 4.62. The van der Waals surface area contributed by atoms with Gasteiger partial charge in [-0.1, -0.05) is 0 Å². The predicted molar refractivity (Wildman–Crippen MR) is 65.9 cm³/mol. The molecule has 0 aromatic heterocycles. The van der Waals surface area contributed by atoms with Crippen molar-refractivity contribution >= 4 is 6.03 Å². The molecule has 5 nitrogen and oxygen atoms in total. The van der Waals surface area contributed by atoms with Gasteiger partial charge in [0.05, 0.1) is 0 Å². The maximum Gasteiger partial charge on any atom is 0.317 e. The largest absolute Gasteiger partial charge is 0.396 e. The highest BCUT2D eigenvalue weighted by Gasteiger charge is 2.26. The third kappa shape index (κ3) is 3.33. The van der Waals surface area contributed by atoms with Crippen LogP contribution in [0, 0.1) is 0 Å². The van der Waals surface area contributed by atoms with E-state index in [0.717, 1.165) is 45.6 Å². The molecule has 2 saturated heterocycles. The summed E-state index contributed by atoms with van der Waals surface area (Å²) < 4.78 is 0. The standard InChI is InChI=1S/C12H23N3O2/c16-10-2-4-11-3-1-6-14(11)8-9-15-7-5-13-12(15)17/h11,16H,1-10H2,(H,13,17). The Labute approximate surface area is 103 Å². The monoisotopic (exact) mass is 241 g/mol. The van der Waals surface area contributed by atoms with E-state index in [-0.39, 0.29) is 6.03 Å². The molecule has 0 radical (unpaired) electrons. The summed E-state index contributed by atoms with van der Waals surface area (Å²) in [4.78, 5) is 15.8. The van der Waals surface area contributed by atoms with Crippen molar-refractivity contribution < 1.29 is 9.90 Å². The Morgan fingerprint density at radius 2 is 2.24 bits per heavy atom. The first kappa shape index (κ1) is 12.6. The van der Waals surface area contributed by atoms with Crippen molar-refractivity contribution in [1.29, 1.82) is 0 Å². The van der Waals surface area contributed by atoms with Gasteiger partial charge < -0.3 is 15.3 Å². The van der Waals surface area contributed by atoms with Crippen LogP contribution in [0.1, 0.15) is 25.7 Å². The summed E-state index contributed by atoms with van der Waals surface area (Å²) in [6.45, 7) is 4.87. The van der Waals surface area contributed by atoms with Gasteiger partial charge in [0.15, 0.2) is 0 Å². The van der Waals surface area contributed by atoms with Crippen LogP contribution in [0.3, 0.4) is 0 Å². The lowest BCUT2D eigenvalue weighted by molar-refractivity contribution is 0.186. The molecule has 1 unspecified atom stereocenters.